The number of para-hydroxylation sites is 1. The van der Waals surface area contributed by atoms with E-state index in [-0.39, 0.29) is 5.38 Å². The predicted molar refractivity (Wildman–Crippen MR) is 69.1 cm³/mol. The Kier molecular flexibility index (Phi) is 2.94. The van der Waals surface area contributed by atoms with E-state index in [2.05, 4.69) is 48.5 Å². The average molecular weight is 237 g/mol. The van der Waals surface area contributed by atoms with Crippen LogP contribution >= 0.6 is 11.6 Å². The van der Waals surface area contributed by atoms with Crippen LogP contribution in [-0.2, 0) is 0 Å². The van der Waals surface area contributed by atoms with Crippen molar-refractivity contribution in [3.05, 3.63) is 29.6 Å². The summed E-state index contributed by atoms with van der Waals surface area (Å²) in [6.07, 6.45) is 0. The molecule has 1 aromatic carbocycles. The van der Waals surface area contributed by atoms with Crippen molar-refractivity contribution in [3.8, 4) is 0 Å². The van der Waals surface area contributed by atoms with Gasteiger partial charge >= 0.3 is 0 Å². The third kappa shape index (κ3) is 1.71. The summed E-state index contributed by atoms with van der Waals surface area (Å²) in [6, 6.07) is 6.64. The van der Waals surface area contributed by atoms with E-state index in [0.29, 0.717) is 6.04 Å². The van der Waals surface area contributed by atoms with Crippen LogP contribution in [0.5, 0.6) is 0 Å². The molecule has 16 heavy (non-hydrogen) atoms. The maximum absolute atomic E-state index is 6.19. The van der Waals surface area contributed by atoms with E-state index in [0.717, 1.165) is 11.3 Å². The third-order valence-corrected chi connectivity index (χ3v) is 3.02. The van der Waals surface area contributed by atoms with Crippen molar-refractivity contribution in [3.63, 3.8) is 0 Å². The molecule has 86 valence electrons. The standard InChI is InChI=1S/C13H17ClN2/c1-8(2)16-11-7-5-6-9(3)12(11)15-13(16)10(4)14/h5-8,10H,1-4H3. The number of rotatable bonds is 2. The quantitative estimate of drug-likeness (QED) is 0.714. The number of fused-ring (bicyclic) bond motifs is 1. The molecule has 1 atom stereocenters. The van der Waals surface area contributed by atoms with Crippen molar-refractivity contribution >= 4 is 22.6 Å². The summed E-state index contributed by atoms with van der Waals surface area (Å²) in [7, 11) is 0. The van der Waals surface area contributed by atoms with Gasteiger partial charge < -0.3 is 4.57 Å². The van der Waals surface area contributed by atoms with E-state index in [1.807, 2.05) is 6.92 Å². The Labute approximate surface area is 101 Å². The van der Waals surface area contributed by atoms with Crippen LogP contribution in [0.4, 0.5) is 0 Å². The molecule has 0 spiro atoms. The molecule has 0 radical (unpaired) electrons. The first kappa shape index (κ1) is 11.5. The zero-order valence-corrected chi connectivity index (χ0v) is 10.9. The predicted octanol–water partition coefficient (Wildman–Crippen LogP) is 4.23. The van der Waals surface area contributed by atoms with Crippen molar-refractivity contribution in [2.75, 3.05) is 0 Å². The summed E-state index contributed by atoms with van der Waals surface area (Å²) >= 11 is 6.19. The van der Waals surface area contributed by atoms with Crippen molar-refractivity contribution in [2.45, 2.75) is 39.1 Å². The van der Waals surface area contributed by atoms with E-state index >= 15 is 0 Å². The highest BCUT2D eigenvalue weighted by atomic mass is 35.5. The van der Waals surface area contributed by atoms with Gasteiger partial charge in [-0.25, -0.2) is 4.98 Å². The normalized spacial score (nSPS) is 13.6. The van der Waals surface area contributed by atoms with Gasteiger partial charge in [0.05, 0.1) is 16.4 Å². The Morgan fingerprint density at radius 2 is 1.94 bits per heavy atom. The number of hydrogen-bond donors (Lipinski definition) is 0. The van der Waals surface area contributed by atoms with Gasteiger partial charge in [0.2, 0.25) is 0 Å². The highest BCUT2D eigenvalue weighted by Gasteiger charge is 2.17. The third-order valence-electron chi connectivity index (χ3n) is 2.82. The minimum Gasteiger partial charge on any atom is -0.324 e. The minimum absolute atomic E-state index is 0.0609. The summed E-state index contributed by atoms with van der Waals surface area (Å²) in [5.74, 6) is 0.959. The number of imidazole rings is 1. The molecular formula is C13H17ClN2. The molecule has 0 bridgehead atoms. The van der Waals surface area contributed by atoms with E-state index < -0.39 is 0 Å². The van der Waals surface area contributed by atoms with E-state index in [1.165, 1.54) is 11.1 Å². The van der Waals surface area contributed by atoms with Crippen LogP contribution in [0.25, 0.3) is 11.0 Å². The van der Waals surface area contributed by atoms with Crippen LogP contribution in [0.3, 0.4) is 0 Å². The number of hydrogen-bond acceptors (Lipinski definition) is 1. The van der Waals surface area contributed by atoms with Crippen molar-refractivity contribution in [2.24, 2.45) is 0 Å². The largest absolute Gasteiger partial charge is 0.324 e. The molecule has 0 fully saturated rings. The van der Waals surface area contributed by atoms with Crippen LogP contribution in [0.2, 0.25) is 0 Å². The van der Waals surface area contributed by atoms with Gasteiger partial charge in [-0.2, -0.15) is 0 Å². The molecule has 1 aromatic heterocycles. The van der Waals surface area contributed by atoms with Gasteiger partial charge in [0, 0.05) is 6.04 Å². The Morgan fingerprint density at radius 3 is 2.50 bits per heavy atom. The van der Waals surface area contributed by atoms with Gasteiger partial charge in [0.25, 0.3) is 0 Å². The number of nitrogens with zero attached hydrogens (tertiary/aromatic N) is 2. The van der Waals surface area contributed by atoms with Crippen molar-refractivity contribution < 1.29 is 0 Å². The molecule has 0 amide bonds. The van der Waals surface area contributed by atoms with Crippen molar-refractivity contribution in [1.82, 2.24) is 9.55 Å². The van der Waals surface area contributed by atoms with Gasteiger partial charge in [-0.1, -0.05) is 12.1 Å². The van der Waals surface area contributed by atoms with Gasteiger partial charge in [-0.3, -0.25) is 0 Å². The molecule has 2 nitrogen and oxygen atoms in total. The zero-order valence-electron chi connectivity index (χ0n) is 10.2. The fourth-order valence-electron chi connectivity index (χ4n) is 2.10. The van der Waals surface area contributed by atoms with Gasteiger partial charge in [0.15, 0.2) is 0 Å². The van der Waals surface area contributed by atoms with Crippen LogP contribution in [-0.4, -0.2) is 9.55 Å². The minimum atomic E-state index is -0.0609. The topological polar surface area (TPSA) is 17.8 Å². The van der Waals surface area contributed by atoms with Gasteiger partial charge in [-0.15, -0.1) is 11.6 Å². The monoisotopic (exact) mass is 236 g/mol. The molecular weight excluding hydrogens is 220 g/mol. The smallest absolute Gasteiger partial charge is 0.127 e. The molecule has 0 aliphatic heterocycles. The molecule has 0 saturated carbocycles. The lowest BCUT2D eigenvalue weighted by atomic mass is 10.2. The first-order chi connectivity index (χ1) is 7.52. The summed E-state index contributed by atoms with van der Waals surface area (Å²) in [5.41, 5.74) is 3.45. The molecule has 0 N–H and O–H groups in total. The Balaban J connectivity index is 2.81. The molecule has 3 heteroatoms. The Morgan fingerprint density at radius 1 is 1.25 bits per heavy atom. The first-order valence-electron chi connectivity index (χ1n) is 5.64. The Hall–Kier alpha value is -1.02. The fraction of sp³-hybridized carbons (Fsp3) is 0.462. The van der Waals surface area contributed by atoms with Gasteiger partial charge in [-0.05, 0) is 39.3 Å². The highest BCUT2D eigenvalue weighted by molar-refractivity contribution is 6.20. The van der Waals surface area contributed by atoms with Crippen molar-refractivity contribution in [1.29, 1.82) is 0 Å². The summed E-state index contributed by atoms with van der Waals surface area (Å²) in [6.45, 7) is 8.37. The molecule has 2 aromatic rings. The molecule has 0 saturated heterocycles. The number of aryl methyl sites for hydroxylation is 1. The van der Waals surface area contributed by atoms with E-state index in [1.54, 1.807) is 0 Å². The fourth-order valence-corrected chi connectivity index (χ4v) is 2.25. The maximum Gasteiger partial charge on any atom is 0.127 e. The van der Waals surface area contributed by atoms with Crippen LogP contribution in [0.15, 0.2) is 18.2 Å². The maximum atomic E-state index is 6.19. The second kappa shape index (κ2) is 4.10. The van der Waals surface area contributed by atoms with Crippen LogP contribution < -0.4 is 0 Å². The lowest BCUT2D eigenvalue weighted by molar-refractivity contribution is 0.584. The number of halogens is 1. The second-order valence-electron chi connectivity index (χ2n) is 4.49. The van der Waals surface area contributed by atoms with Gasteiger partial charge in [0.1, 0.15) is 5.82 Å². The average Bonchev–Trinajstić information content (AvgIpc) is 2.58. The summed E-state index contributed by atoms with van der Waals surface area (Å²) in [4.78, 5) is 4.66. The molecule has 1 unspecified atom stereocenters. The number of benzene rings is 1. The summed E-state index contributed by atoms with van der Waals surface area (Å²) < 4.78 is 2.22. The molecule has 1 heterocycles. The first-order valence-corrected chi connectivity index (χ1v) is 6.07. The zero-order chi connectivity index (χ0) is 11.9. The second-order valence-corrected chi connectivity index (χ2v) is 5.15. The lowest BCUT2D eigenvalue weighted by Gasteiger charge is -2.14. The van der Waals surface area contributed by atoms with E-state index in [4.69, 9.17) is 11.6 Å². The highest BCUT2D eigenvalue weighted by Crippen LogP contribution is 2.29. The number of alkyl halides is 1. The molecule has 2 rings (SSSR count). The SMILES string of the molecule is Cc1cccc2c1nc(C(C)Cl)n2C(C)C. The molecule has 0 aliphatic carbocycles. The Bertz CT molecular complexity index is 512. The van der Waals surface area contributed by atoms with Crippen LogP contribution in [0.1, 0.15) is 43.6 Å². The lowest BCUT2D eigenvalue weighted by Crippen LogP contribution is -2.06. The van der Waals surface area contributed by atoms with E-state index in [9.17, 15) is 0 Å². The summed E-state index contributed by atoms with van der Waals surface area (Å²) in [5, 5.41) is -0.0609. The molecule has 0 aliphatic rings. The number of aromatic nitrogens is 2. The van der Waals surface area contributed by atoms with Crippen LogP contribution in [0, 0.1) is 6.92 Å².